The smallest absolute Gasteiger partial charge is 0.129 e. The van der Waals surface area contributed by atoms with Gasteiger partial charge in [-0.25, -0.2) is 9.97 Å². The second kappa shape index (κ2) is 5.45. The Hall–Kier alpha value is -1.16. The number of hydrogen-bond donors (Lipinski definition) is 1. The molecule has 1 N–H and O–H groups in total. The van der Waals surface area contributed by atoms with Crippen LogP contribution in [-0.4, -0.2) is 40.5 Å². The summed E-state index contributed by atoms with van der Waals surface area (Å²) in [4.78, 5) is 11.3. The quantitative estimate of drug-likeness (QED) is 0.883. The Morgan fingerprint density at radius 1 is 1.32 bits per heavy atom. The summed E-state index contributed by atoms with van der Waals surface area (Å²) in [5.74, 6) is 2.21. The second-order valence-corrected chi connectivity index (χ2v) is 6.24. The summed E-state index contributed by atoms with van der Waals surface area (Å²) in [7, 11) is 0. The highest BCUT2D eigenvalue weighted by molar-refractivity contribution is 5.35. The number of likely N-dealkylation sites (tertiary alicyclic amines) is 1. The van der Waals surface area contributed by atoms with Crippen LogP contribution in [0, 0.1) is 5.92 Å². The van der Waals surface area contributed by atoms with Gasteiger partial charge in [0.15, 0.2) is 0 Å². The number of nitrogens with one attached hydrogen (secondary N) is 1. The van der Waals surface area contributed by atoms with E-state index in [-0.39, 0.29) is 0 Å². The molecule has 4 heteroatoms. The van der Waals surface area contributed by atoms with E-state index in [9.17, 15) is 0 Å². The SMILES string of the molecule is CC(C)c1cc(NCC2CCN(C3CC3)C2)ncn1. The van der Waals surface area contributed by atoms with Crippen LogP contribution in [0.15, 0.2) is 12.4 Å². The van der Waals surface area contributed by atoms with Crippen molar-refractivity contribution < 1.29 is 0 Å². The number of rotatable bonds is 5. The minimum Gasteiger partial charge on any atom is -0.370 e. The van der Waals surface area contributed by atoms with Gasteiger partial charge in [-0.1, -0.05) is 13.8 Å². The first-order valence-corrected chi connectivity index (χ1v) is 7.52. The Morgan fingerprint density at radius 2 is 2.16 bits per heavy atom. The first-order valence-electron chi connectivity index (χ1n) is 7.52. The van der Waals surface area contributed by atoms with Gasteiger partial charge in [-0.15, -0.1) is 0 Å². The molecule has 2 heterocycles. The van der Waals surface area contributed by atoms with Gasteiger partial charge in [-0.05, 0) is 37.6 Å². The lowest BCUT2D eigenvalue weighted by molar-refractivity contribution is 0.316. The van der Waals surface area contributed by atoms with Gasteiger partial charge in [0.05, 0.1) is 0 Å². The average molecular weight is 260 g/mol. The van der Waals surface area contributed by atoms with Crippen molar-refractivity contribution in [2.24, 2.45) is 5.92 Å². The molecule has 3 rings (SSSR count). The van der Waals surface area contributed by atoms with E-state index >= 15 is 0 Å². The molecule has 2 aliphatic rings. The fourth-order valence-electron chi connectivity index (χ4n) is 2.83. The van der Waals surface area contributed by atoms with E-state index in [2.05, 4.69) is 40.1 Å². The Morgan fingerprint density at radius 3 is 2.89 bits per heavy atom. The van der Waals surface area contributed by atoms with E-state index in [1.54, 1.807) is 6.33 Å². The molecule has 0 radical (unpaired) electrons. The van der Waals surface area contributed by atoms with E-state index in [0.717, 1.165) is 30.0 Å². The van der Waals surface area contributed by atoms with Gasteiger partial charge in [0, 0.05) is 30.9 Å². The predicted molar refractivity (Wildman–Crippen MR) is 77.3 cm³/mol. The maximum absolute atomic E-state index is 4.31. The highest BCUT2D eigenvalue weighted by Crippen LogP contribution is 2.31. The topological polar surface area (TPSA) is 41.0 Å². The van der Waals surface area contributed by atoms with Gasteiger partial charge in [-0.2, -0.15) is 0 Å². The van der Waals surface area contributed by atoms with Gasteiger partial charge in [0.2, 0.25) is 0 Å². The third-order valence-electron chi connectivity index (χ3n) is 4.23. The summed E-state index contributed by atoms with van der Waals surface area (Å²) in [6, 6.07) is 3.00. The van der Waals surface area contributed by atoms with E-state index < -0.39 is 0 Å². The Kier molecular flexibility index (Phi) is 3.69. The van der Waals surface area contributed by atoms with E-state index in [0.29, 0.717) is 5.92 Å². The summed E-state index contributed by atoms with van der Waals surface area (Å²) in [6.45, 7) is 7.92. The van der Waals surface area contributed by atoms with Gasteiger partial charge in [-0.3, -0.25) is 0 Å². The van der Waals surface area contributed by atoms with Crippen molar-refractivity contribution in [1.29, 1.82) is 0 Å². The highest BCUT2D eigenvalue weighted by Gasteiger charge is 2.34. The van der Waals surface area contributed by atoms with Crippen molar-refractivity contribution in [3.8, 4) is 0 Å². The number of anilines is 1. The lowest BCUT2D eigenvalue weighted by Gasteiger charge is -2.15. The molecular formula is C15H24N4. The molecule has 1 aromatic heterocycles. The van der Waals surface area contributed by atoms with Crippen LogP contribution in [0.25, 0.3) is 0 Å². The van der Waals surface area contributed by atoms with Crippen LogP contribution in [0.2, 0.25) is 0 Å². The fraction of sp³-hybridized carbons (Fsp3) is 0.733. The molecule has 0 bridgehead atoms. The number of aromatic nitrogens is 2. The lowest BCUT2D eigenvalue weighted by Crippen LogP contribution is -2.25. The van der Waals surface area contributed by atoms with Crippen LogP contribution >= 0.6 is 0 Å². The molecule has 1 atom stereocenters. The molecule has 2 fully saturated rings. The molecule has 1 aromatic rings. The average Bonchev–Trinajstić information content (AvgIpc) is 3.16. The normalized spacial score (nSPS) is 24.1. The van der Waals surface area contributed by atoms with Crippen LogP contribution in [0.1, 0.15) is 44.7 Å². The Bertz CT molecular complexity index is 428. The molecule has 0 spiro atoms. The molecule has 19 heavy (non-hydrogen) atoms. The van der Waals surface area contributed by atoms with Crippen LogP contribution in [0.3, 0.4) is 0 Å². The van der Waals surface area contributed by atoms with Crippen molar-refractivity contribution >= 4 is 5.82 Å². The van der Waals surface area contributed by atoms with Crippen molar-refractivity contribution in [2.75, 3.05) is 25.0 Å². The molecule has 0 amide bonds. The van der Waals surface area contributed by atoms with E-state index in [1.165, 1.54) is 32.4 Å². The predicted octanol–water partition coefficient (Wildman–Crippen LogP) is 2.50. The van der Waals surface area contributed by atoms with Crippen molar-refractivity contribution in [3.05, 3.63) is 18.1 Å². The maximum Gasteiger partial charge on any atom is 0.129 e. The third-order valence-corrected chi connectivity index (χ3v) is 4.23. The molecule has 1 aliphatic heterocycles. The third kappa shape index (κ3) is 3.24. The summed E-state index contributed by atoms with van der Waals surface area (Å²) >= 11 is 0. The monoisotopic (exact) mass is 260 g/mol. The number of nitrogens with zero attached hydrogens (tertiary/aromatic N) is 3. The van der Waals surface area contributed by atoms with Gasteiger partial charge < -0.3 is 10.2 Å². The highest BCUT2D eigenvalue weighted by atomic mass is 15.2. The Balaban J connectivity index is 1.50. The second-order valence-electron chi connectivity index (χ2n) is 6.24. The summed E-state index contributed by atoms with van der Waals surface area (Å²) in [5, 5.41) is 3.48. The van der Waals surface area contributed by atoms with E-state index in [1.807, 2.05) is 0 Å². The maximum atomic E-state index is 4.31. The van der Waals surface area contributed by atoms with Crippen molar-refractivity contribution in [2.45, 2.75) is 45.1 Å². The minimum atomic E-state index is 0.459. The van der Waals surface area contributed by atoms with E-state index in [4.69, 9.17) is 0 Å². The van der Waals surface area contributed by atoms with Crippen LogP contribution in [0.4, 0.5) is 5.82 Å². The van der Waals surface area contributed by atoms with Gasteiger partial charge in [0.25, 0.3) is 0 Å². The van der Waals surface area contributed by atoms with Crippen molar-refractivity contribution in [1.82, 2.24) is 14.9 Å². The standard InChI is InChI=1S/C15H24N4/c1-11(2)14-7-15(18-10-17-14)16-8-12-5-6-19(9-12)13-3-4-13/h7,10-13H,3-6,8-9H2,1-2H3,(H,16,17,18). The summed E-state index contributed by atoms with van der Waals surface area (Å²) in [6.07, 6.45) is 5.84. The largest absolute Gasteiger partial charge is 0.370 e. The number of hydrogen-bond acceptors (Lipinski definition) is 4. The zero-order chi connectivity index (χ0) is 13.2. The fourth-order valence-corrected chi connectivity index (χ4v) is 2.83. The molecule has 1 saturated carbocycles. The van der Waals surface area contributed by atoms with Gasteiger partial charge in [0.1, 0.15) is 12.1 Å². The van der Waals surface area contributed by atoms with Crippen LogP contribution in [-0.2, 0) is 0 Å². The zero-order valence-corrected chi connectivity index (χ0v) is 12.0. The van der Waals surface area contributed by atoms with Crippen LogP contribution in [0.5, 0.6) is 0 Å². The van der Waals surface area contributed by atoms with Gasteiger partial charge >= 0.3 is 0 Å². The molecule has 0 aromatic carbocycles. The first kappa shape index (κ1) is 12.9. The van der Waals surface area contributed by atoms with Crippen molar-refractivity contribution in [3.63, 3.8) is 0 Å². The lowest BCUT2D eigenvalue weighted by atomic mass is 10.1. The molecule has 1 saturated heterocycles. The molecule has 1 unspecified atom stereocenters. The Labute approximate surface area is 115 Å². The van der Waals surface area contributed by atoms with Crippen LogP contribution < -0.4 is 5.32 Å². The summed E-state index contributed by atoms with van der Waals surface area (Å²) in [5.41, 5.74) is 1.11. The first-order chi connectivity index (χ1) is 9.22. The minimum absolute atomic E-state index is 0.459. The molecule has 104 valence electrons. The molecule has 4 nitrogen and oxygen atoms in total. The molecular weight excluding hydrogens is 236 g/mol. The molecule has 1 aliphatic carbocycles. The zero-order valence-electron chi connectivity index (χ0n) is 12.0. The summed E-state index contributed by atoms with van der Waals surface area (Å²) < 4.78 is 0.